The van der Waals surface area contributed by atoms with Crippen LogP contribution in [0.1, 0.15) is 31.2 Å². The summed E-state index contributed by atoms with van der Waals surface area (Å²) in [6.45, 7) is 0. The maximum atomic E-state index is 11.4. The number of aryl methyl sites for hydroxylation is 1. The molecule has 1 aliphatic rings. The van der Waals surface area contributed by atoms with E-state index in [-0.39, 0.29) is 0 Å². The monoisotopic (exact) mass is 189 g/mol. The molecule has 0 saturated heterocycles. The van der Waals surface area contributed by atoms with Crippen LogP contribution in [0.5, 0.6) is 0 Å². The van der Waals surface area contributed by atoms with Crippen LogP contribution in [-0.2, 0) is 11.2 Å². The minimum atomic E-state index is 0.420. The molecule has 0 amide bonds. The van der Waals surface area contributed by atoms with Crippen molar-refractivity contribution < 1.29 is 4.79 Å². The third kappa shape index (κ3) is 2.66. The summed E-state index contributed by atoms with van der Waals surface area (Å²) in [5.74, 6) is 0.887. The lowest BCUT2D eigenvalue weighted by molar-refractivity contribution is -0.120. The smallest absolute Gasteiger partial charge is 0.135 e. The van der Waals surface area contributed by atoms with E-state index in [1.54, 1.807) is 6.20 Å². The maximum absolute atomic E-state index is 11.4. The molecule has 1 saturated carbocycles. The number of carbonyl (C=O) groups excluding carboxylic acids is 1. The number of aromatic nitrogens is 1. The van der Waals surface area contributed by atoms with Crippen LogP contribution in [0.15, 0.2) is 24.5 Å². The first-order valence-electron chi connectivity index (χ1n) is 5.28. The summed E-state index contributed by atoms with van der Waals surface area (Å²) in [5.41, 5.74) is 1.23. The van der Waals surface area contributed by atoms with Gasteiger partial charge in [0.2, 0.25) is 0 Å². The van der Waals surface area contributed by atoms with Crippen molar-refractivity contribution in [3.63, 3.8) is 0 Å². The number of nitrogens with zero attached hydrogens (tertiary/aromatic N) is 1. The van der Waals surface area contributed by atoms with Crippen molar-refractivity contribution in [3.05, 3.63) is 30.1 Å². The molecule has 2 heteroatoms. The zero-order chi connectivity index (χ0) is 9.80. The van der Waals surface area contributed by atoms with Crippen LogP contribution in [0.2, 0.25) is 0 Å². The molecule has 0 aliphatic heterocycles. The van der Waals surface area contributed by atoms with Gasteiger partial charge in [0.05, 0.1) is 0 Å². The molecule has 1 fully saturated rings. The van der Waals surface area contributed by atoms with E-state index in [1.165, 1.54) is 5.56 Å². The van der Waals surface area contributed by atoms with Gasteiger partial charge in [0, 0.05) is 24.7 Å². The highest BCUT2D eigenvalue weighted by molar-refractivity contribution is 5.83. The lowest BCUT2D eigenvalue weighted by Gasteiger charge is -1.99. The molecule has 0 atom stereocenters. The molecule has 74 valence electrons. The van der Waals surface area contributed by atoms with Gasteiger partial charge in [-0.1, -0.05) is 6.07 Å². The van der Waals surface area contributed by atoms with E-state index in [0.29, 0.717) is 11.7 Å². The van der Waals surface area contributed by atoms with Gasteiger partial charge >= 0.3 is 0 Å². The first-order valence-corrected chi connectivity index (χ1v) is 5.28. The van der Waals surface area contributed by atoms with Gasteiger partial charge in [0.25, 0.3) is 0 Å². The predicted octanol–water partition coefficient (Wildman–Crippen LogP) is 2.38. The van der Waals surface area contributed by atoms with E-state index in [1.807, 2.05) is 12.3 Å². The molecule has 1 aliphatic carbocycles. The molecule has 1 heterocycles. The standard InChI is InChI=1S/C12H15NO/c14-12(11-6-7-11)5-1-3-10-4-2-8-13-9-10/h2,4,8-9,11H,1,3,5-7H2. The quantitative estimate of drug-likeness (QED) is 0.711. The van der Waals surface area contributed by atoms with E-state index in [0.717, 1.165) is 32.1 Å². The van der Waals surface area contributed by atoms with Crippen LogP contribution in [0, 0.1) is 5.92 Å². The van der Waals surface area contributed by atoms with Crippen LogP contribution in [0.3, 0.4) is 0 Å². The van der Waals surface area contributed by atoms with E-state index in [4.69, 9.17) is 0 Å². The lowest BCUT2D eigenvalue weighted by atomic mass is 10.1. The van der Waals surface area contributed by atoms with Gasteiger partial charge in [-0.25, -0.2) is 0 Å². The lowest BCUT2D eigenvalue weighted by Crippen LogP contribution is -2.00. The fraction of sp³-hybridized carbons (Fsp3) is 0.500. The fourth-order valence-electron chi connectivity index (χ4n) is 1.62. The van der Waals surface area contributed by atoms with Crippen LogP contribution in [-0.4, -0.2) is 10.8 Å². The normalized spacial score (nSPS) is 15.4. The Morgan fingerprint density at radius 2 is 2.36 bits per heavy atom. The van der Waals surface area contributed by atoms with Gasteiger partial charge in [0.15, 0.2) is 0 Å². The molecule has 1 aromatic heterocycles. The minimum absolute atomic E-state index is 0.420. The number of pyridine rings is 1. The Morgan fingerprint density at radius 3 is 3.00 bits per heavy atom. The summed E-state index contributed by atoms with van der Waals surface area (Å²) in [5, 5.41) is 0. The van der Waals surface area contributed by atoms with Crippen molar-refractivity contribution in [2.75, 3.05) is 0 Å². The molecule has 2 nitrogen and oxygen atoms in total. The Bertz CT molecular complexity index is 303. The summed E-state index contributed by atoms with van der Waals surface area (Å²) < 4.78 is 0. The van der Waals surface area contributed by atoms with Gasteiger partial charge in [0.1, 0.15) is 5.78 Å². The highest BCUT2D eigenvalue weighted by atomic mass is 16.1. The van der Waals surface area contributed by atoms with E-state index in [9.17, 15) is 4.79 Å². The van der Waals surface area contributed by atoms with E-state index in [2.05, 4.69) is 11.1 Å². The van der Waals surface area contributed by atoms with Crippen LogP contribution < -0.4 is 0 Å². The Morgan fingerprint density at radius 1 is 1.50 bits per heavy atom. The average Bonchev–Trinajstić information content (AvgIpc) is 3.02. The molecule has 0 bridgehead atoms. The largest absolute Gasteiger partial charge is 0.299 e. The van der Waals surface area contributed by atoms with Crippen molar-refractivity contribution in [1.82, 2.24) is 4.98 Å². The van der Waals surface area contributed by atoms with Crippen molar-refractivity contribution in [1.29, 1.82) is 0 Å². The van der Waals surface area contributed by atoms with Crippen LogP contribution >= 0.6 is 0 Å². The van der Waals surface area contributed by atoms with Crippen molar-refractivity contribution in [2.24, 2.45) is 5.92 Å². The highest BCUT2D eigenvalue weighted by Gasteiger charge is 2.28. The van der Waals surface area contributed by atoms with Gasteiger partial charge < -0.3 is 0 Å². The zero-order valence-electron chi connectivity index (χ0n) is 8.28. The van der Waals surface area contributed by atoms with Crippen LogP contribution in [0.4, 0.5) is 0 Å². The van der Waals surface area contributed by atoms with Crippen molar-refractivity contribution in [2.45, 2.75) is 32.1 Å². The molecule has 0 unspecified atom stereocenters. The number of hydrogen-bond acceptors (Lipinski definition) is 2. The van der Waals surface area contributed by atoms with Crippen molar-refractivity contribution in [3.8, 4) is 0 Å². The molecular formula is C12H15NO. The van der Waals surface area contributed by atoms with Crippen molar-refractivity contribution >= 4 is 5.78 Å². The molecule has 2 rings (SSSR count). The number of carbonyl (C=O) groups is 1. The Labute approximate surface area is 84.4 Å². The Balaban J connectivity index is 1.70. The third-order valence-electron chi connectivity index (χ3n) is 2.64. The average molecular weight is 189 g/mol. The molecule has 14 heavy (non-hydrogen) atoms. The van der Waals surface area contributed by atoms with Gasteiger partial charge in [-0.3, -0.25) is 9.78 Å². The summed E-state index contributed by atoms with van der Waals surface area (Å²) in [6, 6.07) is 4.01. The first-order chi connectivity index (χ1) is 6.86. The van der Waals surface area contributed by atoms with E-state index < -0.39 is 0 Å². The highest BCUT2D eigenvalue weighted by Crippen LogP contribution is 2.31. The second-order valence-electron chi connectivity index (χ2n) is 3.96. The predicted molar refractivity (Wildman–Crippen MR) is 54.9 cm³/mol. The maximum Gasteiger partial charge on any atom is 0.135 e. The molecular weight excluding hydrogens is 174 g/mol. The summed E-state index contributed by atoms with van der Waals surface area (Å²) in [6.07, 6.45) is 8.62. The molecule has 0 spiro atoms. The number of ketones is 1. The molecule has 0 N–H and O–H groups in total. The Hall–Kier alpha value is -1.18. The topological polar surface area (TPSA) is 30.0 Å². The molecule has 0 aromatic carbocycles. The summed E-state index contributed by atoms with van der Waals surface area (Å²) in [4.78, 5) is 15.4. The Kier molecular flexibility index (Phi) is 2.92. The third-order valence-corrected chi connectivity index (χ3v) is 2.64. The second kappa shape index (κ2) is 4.36. The minimum Gasteiger partial charge on any atom is -0.299 e. The molecule has 0 radical (unpaired) electrons. The number of hydrogen-bond donors (Lipinski definition) is 0. The van der Waals surface area contributed by atoms with Gasteiger partial charge in [-0.05, 0) is 37.3 Å². The van der Waals surface area contributed by atoms with Gasteiger partial charge in [-0.2, -0.15) is 0 Å². The fourth-order valence-corrected chi connectivity index (χ4v) is 1.62. The molecule has 1 aromatic rings. The van der Waals surface area contributed by atoms with E-state index >= 15 is 0 Å². The van der Waals surface area contributed by atoms with Gasteiger partial charge in [-0.15, -0.1) is 0 Å². The summed E-state index contributed by atoms with van der Waals surface area (Å²) >= 11 is 0. The second-order valence-corrected chi connectivity index (χ2v) is 3.96. The first kappa shape index (κ1) is 9.38. The summed E-state index contributed by atoms with van der Waals surface area (Å²) in [7, 11) is 0. The zero-order valence-corrected chi connectivity index (χ0v) is 8.28. The van der Waals surface area contributed by atoms with Crippen LogP contribution in [0.25, 0.3) is 0 Å². The number of rotatable bonds is 5. The number of Topliss-reactive ketones (excluding diaryl/α,β-unsaturated/α-hetero) is 1. The SMILES string of the molecule is O=C(CCCc1cccnc1)C1CC1.